The second-order valence-electron chi connectivity index (χ2n) is 6.10. The highest BCUT2D eigenvalue weighted by Crippen LogP contribution is 2.43. The maximum Gasteiger partial charge on any atom is 0.168 e. The van der Waals surface area contributed by atoms with Crippen LogP contribution < -0.4 is 0 Å². The molecule has 0 radical (unpaired) electrons. The second kappa shape index (κ2) is 11.4. The standard InChI is InChI=1S/C16H24O2.2C2H6.H3P/c1-12-3-4-15(13(2)11-12)14-5-7-16(8-6-14)17-9-10-18-16;2*1-2;/h4,11-12,14H,3,5-10H2,1-2H3;2*1-2H3;1H3. The van der Waals surface area contributed by atoms with E-state index in [1.54, 1.807) is 5.57 Å². The lowest BCUT2D eigenvalue weighted by Crippen LogP contribution is -2.35. The molecule has 0 amide bonds. The van der Waals surface area contributed by atoms with Crippen LogP contribution in [0.25, 0.3) is 0 Å². The summed E-state index contributed by atoms with van der Waals surface area (Å²) in [5.74, 6) is 1.23. The first-order valence-electron chi connectivity index (χ1n) is 9.35. The van der Waals surface area contributed by atoms with Gasteiger partial charge in [0.05, 0.1) is 13.2 Å². The van der Waals surface area contributed by atoms with Crippen molar-refractivity contribution in [2.75, 3.05) is 13.2 Å². The average Bonchev–Trinajstić information content (AvgIpc) is 3.01. The van der Waals surface area contributed by atoms with Gasteiger partial charge < -0.3 is 9.47 Å². The third kappa shape index (κ3) is 6.00. The molecule has 1 spiro atoms. The molecule has 0 bridgehead atoms. The quantitative estimate of drug-likeness (QED) is 0.549. The second-order valence-corrected chi connectivity index (χ2v) is 6.10. The number of rotatable bonds is 1. The minimum Gasteiger partial charge on any atom is -0.348 e. The Morgan fingerprint density at radius 2 is 1.52 bits per heavy atom. The van der Waals surface area contributed by atoms with Crippen LogP contribution in [0.15, 0.2) is 23.3 Å². The van der Waals surface area contributed by atoms with E-state index in [9.17, 15) is 0 Å². The van der Waals surface area contributed by atoms with E-state index in [4.69, 9.17) is 9.47 Å². The number of ether oxygens (including phenoxy) is 2. The number of allylic oxidation sites excluding steroid dienone is 4. The molecule has 3 heteroatoms. The van der Waals surface area contributed by atoms with E-state index in [0.29, 0.717) is 5.92 Å². The van der Waals surface area contributed by atoms with Crippen molar-refractivity contribution in [2.24, 2.45) is 11.8 Å². The van der Waals surface area contributed by atoms with Crippen LogP contribution in [0.3, 0.4) is 0 Å². The molecule has 3 rings (SSSR count). The summed E-state index contributed by atoms with van der Waals surface area (Å²) >= 11 is 0. The van der Waals surface area contributed by atoms with Crippen LogP contribution in [0.1, 0.15) is 73.6 Å². The summed E-state index contributed by atoms with van der Waals surface area (Å²) in [6, 6.07) is 0. The zero-order valence-electron chi connectivity index (χ0n) is 16.3. The van der Waals surface area contributed by atoms with Gasteiger partial charge in [0.25, 0.3) is 0 Å². The number of hydrogen-bond donors (Lipinski definition) is 0. The van der Waals surface area contributed by atoms with Crippen LogP contribution in [0.5, 0.6) is 0 Å². The first-order chi connectivity index (χ1) is 10.7. The summed E-state index contributed by atoms with van der Waals surface area (Å²) in [5.41, 5.74) is 3.10. The van der Waals surface area contributed by atoms with Crippen molar-refractivity contribution >= 4 is 9.90 Å². The van der Waals surface area contributed by atoms with Crippen LogP contribution in [-0.4, -0.2) is 19.0 Å². The minimum atomic E-state index is -0.212. The zero-order valence-corrected chi connectivity index (χ0v) is 17.7. The Morgan fingerprint density at radius 3 is 2.00 bits per heavy atom. The highest BCUT2D eigenvalue weighted by molar-refractivity contribution is 6.92. The van der Waals surface area contributed by atoms with Gasteiger partial charge in [-0.3, -0.25) is 0 Å². The van der Waals surface area contributed by atoms with Crippen molar-refractivity contribution in [1.29, 1.82) is 0 Å². The van der Waals surface area contributed by atoms with Gasteiger partial charge in [0, 0.05) is 12.8 Å². The molecule has 1 saturated heterocycles. The molecule has 0 aromatic heterocycles. The Hall–Kier alpha value is -0.170. The Labute approximate surface area is 147 Å². The molecule has 2 aliphatic carbocycles. The Kier molecular flexibility index (Phi) is 11.3. The minimum absolute atomic E-state index is 0. The number of hydrogen-bond acceptors (Lipinski definition) is 2. The van der Waals surface area contributed by atoms with Crippen molar-refractivity contribution in [3.05, 3.63) is 23.3 Å². The topological polar surface area (TPSA) is 18.5 Å². The van der Waals surface area contributed by atoms with Gasteiger partial charge in [-0.05, 0) is 43.6 Å². The van der Waals surface area contributed by atoms with E-state index in [1.807, 2.05) is 27.7 Å². The fourth-order valence-corrected chi connectivity index (χ4v) is 3.71. The normalized spacial score (nSPS) is 25.9. The fourth-order valence-electron chi connectivity index (χ4n) is 3.71. The predicted octanol–water partition coefficient (Wildman–Crippen LogP) is 5.94. The largest absolute Gasteiger partial charge is 0.348 e. The molecule has 2 atom stereocenters. The van der Waals surface area contributed by atoms with Crippen molar-refractivity contribution in [2.45, 2.75) is 79.4 Å². The van der Waals surface area contributed by atoms with Gasteiger partial charge in [0.2, 0.25) is 0 Å². The van der Waals surface area contributed by atoms with Gasteiger partial charge in [0.15, 0.2) is 5.79 Å². The molecule has 2 nitrogen and oxygen atoms in total. The van der Waals surface area contributed by atoms with E-state index in [2.05, 4.69) is 26.0 Å². The smallest absolute Gasteiger partial charge is 0.168 e. The third-order valence-corrected chi connectivity index (χ3v) is 4.70. The van der Waals surface area contributed by atoms with Gasteiger partial charge >= 0.3 is 0 Å². The summed E-state index contributed by atoms with van der Waals surface area (Å²) < 4.78 is 11.6. The lowest BCUT2D eigenvalue weighted by Gasteiger charge is -2.37. The van der Waals surface area contributed by atoms with Gasteiger partial charge in [0.1, 0.15) is 0 Å². The predicted molar refractivity (Wildman–Crippen MR) is 106 cm³/mol. The average molecular weight is 343 g/mol. The van der Waals surface area contributed by atoms with Gasteiger partial charge in [-0.2, -0.15) is 9.90 Å². The van der Waals surface area contributed by atoms with E-state index >= 15 is 0 Å². The van der Waals surface area contributed by atoms with Gasteiger partial charge in [-0.25, -0.2) is 0 Å². The molecule has 2 fully saturated rings. The molecule has 0 aromatic rings. The third-order valence-electron chi connectivity index (χ3n) is 4.70. The lowest BCUT2D eigenvalue weighted by molar-refractivity contribution is -0.180. The summed E-state index contributed by atoms with van der Waals surface area (Å²) in [5, 5.41) is 0. The lowest BCUT2D eigenvalue weighted by atomic mass is 9.76. The highest BCUT2D eigenvalue weighted by Gasteiger charge is 2.41. The van der Waals surface area contributed by atoms with Crippen LogP contribution in [0.4, 0.5) is 0 Å². The molecule has 23 heavy (non-hydrogen) atoms. The summed E-state index contributed by atoms with van der Waals surface area (Å²) in [6.07, 6.45) is 10.7. The maximum absolute atomic E-state index is 5.80. The Balaban J connectivity index is 0.000000901. The van der Waals surface area contributed by atoms with E-state index in [0.717, 1.165) is 32.0 Å². The summed E-state index contributed by atoms with van der Waals surface area (Å²) in [4.78, 5) is 0. The Morgan fingerprint density at radius 1 is 1.00 bits per heavy atom. The monoisotopic (exact) mass is 342 g/mol. The first kappa shape index (κ1) is 22.8. The molecular formula is C20H39O2P. The zero-order chi connectivity index (χ0) is 16.6. The van der Waals surface area contributed by atoms with E-state index < -0.39 is 0 Å². The molecule has 3 aliphatic rings. The summed E-state index contributed by atoms with van der Waals surface area (Å²) in [7, 11) is 0. The van der Waals surface area contributed by atoms with Gasteiger partial charge in [-0.1, -0.05) is 52.3 Å². The maximum atomic E-state index is 5.80. The molecule has 0 N–H and O–H groups in total. The molecular weight excluding hydrogens is 303 g/mol. The Bertz CT molecular complexity index is 371. The van der Waals surface area contributed by atoms with Crippen LogP contribution in [0, 0.1) is 11.8 Å². The fraction of sp³-hybridized carbons (Fsp3) is 0.800. The molecule has 1 heterocycles. The molecule has 1 aliphatic heterocycles. The van der Waals surface area contributed by atoms with Crippen molar-refractivity contribution in [3.8, 4) is 0 Å². The van der Waals surface area contributed by atoms with Crippen molar-refractivity contribution in [1.82, 2.24) is 0 Å². The van der Waals surface area contributed by atoms with Crippen molar-refractivity contribution in [3.63, 3.8) is 0 Å². The molecule has 1 saturated carbocycles. The van der Waals surface area contributed by atoms with Crippen molar-refractivity contribution < 1.29 is 9.47 Å². The molecule has 0 aromatic carbocycles. The molecule has 136 valence electrons. The SMILES string of the molecule is CC.CC.CC1=CC(C)CC=C1C1CCC2(CC1)OCCO2.P. The highest BCUT2D eigenvalue weighted by atomic mass is 31.0. The van der Waals surface area contributed by atoms with Crippen LogP contribution >= 0.6 is 9.90 Å². The first-order valence-corrected chi connectivity index (χ1v) is 9.35. The van der Waals surface area contributed by atoms with Crippen LogP contribution in [-0.2, 0) is 9.47 Å². The van der Waals surface area contributed by atoms with Gasteiger partial charge in [-0.15, -0.1) is 0 Å². The molecule has 2 unspecified atom stereocenters. The van der Waals surface area contributed by atoms with E-state index in [1.165, 1.54) is 24.8 Å². The summed E-state index contributed by atoms with van der Waals surface area (Å²) in [6.45, 7) is 14.1. The van der Waals surface area contributed by atoms with Crippen LogP contribution in [0.2, 0.25) is 0 Å². The van der Waals surface area contributed by atoms with E-state index in [-0.39, 0.29) is 15.7 Å².